The Balaban J connectivity index is 2.04. The van der Waals surface area contributed by atoms with Gasteiger partial charge < -0.3 is 15.6 Å². The Morgan fingerprint density at radius 2 is 1.94 bits per heavy atom. The largest absolute Gasteiger partial charge is 0.497 e. The molecule has 5 N–H and O–H groups in total. The normalized spacial score (nSPS) is 10.5. The molecule has 11 heteroatoms. The van der Waals surface area contributed by atoms with Gasteiger partial charge in [-0.2, -0.15) is 4.37 Å². The Bertz CT molecular complexity index is 1200. The number of aromatic nitrogens is 1. The van der Waals surface area contributed by atoms with Crippen LogP contribution in [-0.2, 0) is 6.54 Å². The second-order valence-electron chi connectivity index (χ2n) is 7.17. The van der Waals surface area contributed by atoms with Gasteiger partial charge in [0.1, 0.15) is 5.75 Å². The van der Waals surface area contributed by atoms with Crippen LogP contribution in [0.3, 0.4) is 0 Å². The van der Waals surface area contributed by atoms with Crippen molar-refractivity contribution in [3.05, 3.63) is 63.0 Å². The fraction of sp³-hybridized carbons (Fsp3) is 0.182. The second kappa shape index (κ2) is 9.88. The second-order valence-corrected chi connectivity index (χ2v) is 8.55. The van der Waals surface area contributed by atoms with Gasteiger partial charge in [-0.05, 0) is 66.8 Å². The first-order valence-electron chi connectivity index (χ1n) is 9.68. The van der Waals surface area contributed by atoms with Crippen molar-refractivity contribution in [3.8, 4) is 17.0 Å². The number of anilines is 1. The number of aryl methyl sites for hydroxylation is 2. The number of halogens is 1. The highest BCUT2D eigenvalue weighted by Gasteiger charge is 2.28. The summed E-state index contributed by atoms with van der Waals surface area (Å²) < 4.78 is 9.60. The van der Waals surface area contributed by atoms with E-state index in [0.717, 1.165) is 16.4 Å². The summed E-state index contributed by atoms with van der Waals surface area (Å²) in [4.78, 5) is 26.5. The van der Waals surface area contributed by atoms with Crippen LogP contribution in [0.1, 0.15) is 26.4 Å². The van der Waals surface area contributed by atoms with Crippen molar-refractivity contribution in [2.45, 2.75) is 20.4 Å². The van der Waals surface area contributed by atoms with Crippen molar-refractivity contribution in [2.24, 2.45) is 0 Å². The van der Waals surface area contributed by atoms with Crippen molar-refractivity contribution in [1.29, 1.82) is 5.41 Å². The lowest BCUT2D eigenvalue weighted by molar-refractivity contribution is 0.0835. The minimum atomic E-state index is -1.46. The van der Waals surface area contributed by atoms with Crippen molar-refractivity contribution in [1.82, 2.24) is 14.6 Å². The highest BCUT2D eigenvalue weighted by molar-refractivity contribution is 7.06. The molecule has 0 saturated carbocycles. The van der Waals surface area contributed by atoms with E-state index >= 15 is 0 Å². The monoisotopic (exact) mass is 487 g/mol. The molecule has 0 bridgehead atoms. The topological polar surface area (TPSA) is 142 Å². The van der Waals surface area contributed by atoms with Crippen LogP contribution in [-0.4, -0.2) is 39.4 Å². The van der Waals surface area contributed by atoms with E-state index in [1.807, 2.05) is 5.32 Å². The van der Waals surface area contributed by atoms with E-state index in [0.29, 0.717) is 43.7 Å². The Morgan fingerprint density at radius 1 is 1.27 bits per heavy atom. The first-order valence-corrected chi connectivity index (χ1v) is 10.8. The van der Waals surface area contributed by atoms with Gasteiger partial charge in [-0.3, -0.25) is 20.4 Å². The van der Waals surface area contributed by atoms with Gasteiger partial charge in [0.15, 0.2) is 0 Å². The maximum absolute atomic E-state index is 13.6. The summed E-state index contributed by atoms with van der Waals surface area (Å²) in [6.45, 7) is 3.41. The number of hydrogen-bond donors (Lipinski definition) is 4. The predicted molar refractivity (Wildman–Crippen MR) is 128 cm³/mol. The van der Waals surface area contributed by atoms with Crippen LogP contribution < -0.4 is 15.8 Å². The van der Waals surface area contributed by atoms with Crippen LogP contribution in [0.15, 0.2) is 36.4 Å². The number of hydrogen-bond acceptors (Lipinski definition) is 7. The van der Waals surface area contributed by atoms with Gasteiger partial charge in [0.25, 0.3) is 5.91 Å². The van der Waals surface area contributed by atoms with Gasteiger partial charge in [-0.1, -0.05) is 17.7 Å². The van der Waals surface area contributed by atoms with E-state index in [-0.39, 0.29) is 12.1 Å². The van der Waals surface area contributed by atoms with Gasteiger partial charge in [0, 0.05) is 10.4 Å². The van der Waals surface area contributed by atoms with E-state index < -0.39 is 18.0 Å². The van der Waals surface area contributed by atoms with E-state index in [9.17, 15) is 9.59 Å². The maximum atomic E-state index is 13.6. The fourth-order valence-corrected chi connectivity index (χ4v) is 4.22. The first-order chi connectivity index (χ1) is 15.6. The Labute approximate surface area is 199 Å². The molecule has 1 heterocycles. The van der Waals surface area contributed by atoms with Gasteiger partial charge in [0.2, 0.25) is 5.96 Å². The predicted octanol–water partition coefficient (Wildman–Crippen LogP) is 4.52. The average molecular weight is 488 g/mol. The van der Waals surface area contributed by atoms with Crippen LogP contribution in [0.2, 0.25) is 5.02 Å². The summed E-state index contributed by atoms with van der Waals surface area (Å²) in [5.74, 6) is -0.510. The zero-order chi connectivity index (χ0) is 24.3. The van der Waals surface area contributed by atoms with Crippen LogP contribution in [0, 0.1) is 19.3 Å². The number of carboxylic acid groups (broad SMARTS) is 1. The third kappa shape index (κ3) is 5.24. The molecular formula is C22H22ClN5O4S. The number of carbonyl (C=O) groups excluding carboxylic acids is 1. The minimum absolute atomic E-state index is 0.101. The zero-order valence-electron chi connectivity index (χ0n) is 18.1. The molecule has 0 aliphatic carbocycles. The fourth-order valence-electron chi connectivity index (χ4n) is 3.23. The number of carbonyl (C=O) groups is 2. The standard InChI is InChI=1S/C22H22ClN5O4S/c1-11-8-13(9-16(23)18(11)24)10-28(21(25)26-22(30)31)20(29)17-12(2)33-27-19(17)14-4-6-15(32-3)7-5-14/h4-9H,10,24H2,1-3H3,(H2,25,26)(H,30,31). The van der Waals surface area contributed by atoms with Crippen LogP contribution in [0.5, 0.6) is 5.75 Å². The molecule has 0 saturated heterocycles. The third-order valence-electron chi connectivity index (χ3n) is 4.92. The summed E-state index contributed by atoms with van der Waals surface area (Å²) in [5.41, 5.74) is 9.01. The summed E-state index contributed by atoms with van der Waals surface area (Å²) in [7, 11) is 1.56. The molecule has 172 valence electrons. The van der Waals surface area contributed by atoms with Crippen molar-refractivity contribution < 1.29 is 19.4 Å². The number of ether oxygens (including phenoxy) is 1. The summed E-state index contributed by atoms with van der Waals surface area (Å²) in [5, 5.41) is 19.6. The molecule has 3 aromatic rings. The number of nitrogens with two attached hydrogens (primary N) is 1. The number of amides is 2. The Kier molecular flexibility index (Phi) is 7.19. The molecule has 0 aliphatic heterocycles. The number of methoxy groups -OCH3 is 1. The molecule has 0 spiro atoms. The molecule has 0 radical (unpaired) electrons. The van der Waals surface area contributed by atoms with Crippen molar-refractivity contribution in [2.75, 3.05) is 12.8 Å². The lowest BCUT2D eigenvalue weighted by atomic mass is 10.0. The molecule has 33 heavy (non-hydrogen) atoms. The molecule has 1 aromatic heterocycles. The highest BCUT2D eigenvalue weighted by Crippen LogP contribution is 2.31. The van der Waals surface area contributed by atoms with E-state index in [2.05, 4.69) is 4.37 Å². The molecule has 0 atom stereocenters. The number of guanidine groups is 1. The Morgan fingerprint density at radius 3 is 2.52 bits per heavy atom. The number of nitrogens with zero attached hydrogens (tertiary/aromatic N) is 2. The highest BCUT2D eigenvalue weighted by atomic mass is 35.5. The number of rotatable bonds is 5. The zero-order valence-corrected chi connectivity index (χ0v) is 19.7. The van der Waals surface area contributed by atoms with Gasteiger partial charge in [0.05, 0.1) is 35.6 Å². The maximum Gasteiger partial charge on any atom is 0.411 e. The van der Waals surface area contributed by atoms with Crippen LogP contribution in [0.4, 0.5) is 10.5 Å². The average Bonchev–Trinajstić information content (AvgIpc) is 3.16. The molecular weight excluding hydrogens is 466 g/mol. The van der Waals surface area contributed by atoms with E-state index in [4.69, 9.17) is 32.6 Å². The van der Waals surface area contributed by atoms with E-state index in [1.54, 1.807) is 57.4 Å². The number of nitrogen functional groups attached to an aromatic ring is 1. The quantitative estimate of drug-likeness (QED) is 0.237. The Hall–Kier alpha value is -3.63. The minimum Gasteiger partial charge on any atom is -0.497 e. The summed E-state index contributed by atoms with van der Waals surface area (Å²) in [6.07, 6.45) is -1.46. The summed E-state index contributed by atoms with van der Waals surface area (Å²) in [6, 6.07) is 10.4. The third-order valence-corrected chi connectivity index (χ3v) is 5.98. The number of benzene rings is 2. The molecule has 2 aromatic carbocycles. The molecule has 0 fully saturated rings. The summed E-state index contributed by atoms with van der Waals surface area (Å²) >= 11 is 7.34. The number of nitrogens with one attached hydrogen (secondary N) is 2. The van der Waals surface area contributed by atoms with Crippen LogP contribution >= 0.6 is 23.1 Å². The van der Waals surface area contributed by atoms with Gasteiger partial charge >= 0.3 is 6.09 Å². The van der Waals surface area contributed by atoms with Gasteiger partial charge in [-0.15, -0.1) is 0 Å². The molecule has 3 rings (SSSR count). The molecule has 0 aliphatic rings. The van der Waals surface area contributed by atoms with Crippen molar-refractivity contribution >= 4 is 46.8 Å². The lowest BCUT2D eigenvalue weighted by Crippen LogP contribution is -2.46. The van der Waals surface area contributed by atoms with Crippen molar-refractivity contribution in [3.63, 3.8) is 0 Å². The smallest absolute Gasteiger partial charge is 0.411 e. The molecule has 0 unspecified atom stereocenters. The molecule has 9 nitrogen and oxygen atoms in total. The van der Waals surface area contributed by atoms with E-state index in [1.165, 1.54) is 0 Å². The SMILES string of the molecule is COc1ccc(-c2nsc(C)c2C(=O)N(Cc2cc(C)c(N)c(Cl)c2)C(=N)NC(=O)O)cc1. The van der Waals surface area contributed by atoms with Gasteiger partial charge in [-0.25, -0.2) is 4.79 Å². The first kappa shape index (κ1) is 24.0. The van der Waals surface area contributed by atoms with Crippen LogP contribution in [0.25, 0.3) is 11.3 Å². The molecule has 2 amide bonds. The lowest BCUT2D eigenvalue weighted by Gasteiger charge is -2.24.